The Hall–Kier alpha value is -1.30. The first-order valence-corrected chi connectivity index (χ1v) is 6.39. The first kappa shape index (κ1) is 14.8. The molecule has 6 nitrogen and oxygen atoms in total. The first-order valence-electron chi connectivity index (χ1n) is 6.39. The quantitative estimate of drug-likeness (QED) is 0.330. The number of rotatable bonds is 5. The molecule has 0 spiro atoms. The minimum Gasteiger partial charge on any atom is -0.409 e. The molecular weight excluding hydrogens is 234 g/mol. The summed E-state index contributed by atoms with van der Waals surface area (Å²) in [6.45, 7) is 6.63. The van der Waals surface area contributed by atoms with Gasteiger partial charge in [0.05, 0.1) is 18.6 Å². The van der Waals surface area contributed by atoms with Crippen LogP contribution < -0.4 is 5.73 Å². The molecule has 3 N–H and O–H groups in total. The Kier molecular flexibility index (Phi) is 5.40. The van der Waals surface area contributed by atoms with Gasteiger partial charge in [0.15, 0.2) is 5.84 Å². The summed E-state index contributed by atoms with van der Waals surface area (Å²) in [5, 5.41) is 11.5. The number of amidine groups is 1. The minimum atomic E-state index is -0.108. The van der Waals surface area contributed by atoms with Gasteiger partial charge in [-0.3, -0.25) is 4.79 Å². The zero-order valence-electron chi connectivity index (χ0n) is 11.3. The highest BCUT2D eigenvalue weighted by atomic mass is 16.5. The maximum Gasteiger partial charge on any atom is 0.229 e. The third kappa shape index (κ3) is 3.35. The van der Waals surface area contributed by atoms with Crippen LogP contribution in [-0.4, -0.2) is 47.1 Å². The van der Waals surface area contributed by atoms with Crippen LogP contribution in [0, 0.1) is 5.92 Å². The van der Waals surface area contributed by atoms with Crippen LogP contribution in [0.1, 0.15) is 33.6 Å². The number of hydrogen-bond donors (Lipinski definition) is 2. The zero-order valence-corrected chi connectivity index (χ0v) is 11.3. The van der Waals surface area contributed by atoms with Crippen molar-refractivity contribution in [2.45, 2.75) is 45.8 Å². The topological polar surface area (TPSA) is 88.2 Å². The van der Waals surface area contributed by atoms with Crippen LogP contribution in [0.25, 0.3) is 0 Å². The number of nitrogens with two attached hydrogens (primary N) is 1. The Morgan fingerprint density at radius 1 is 1.61 bits per heavy atom. The minimum absolute atomic E-state index is 0.00830. The van der Waals surface area contributed by atoms with Crippen molar-refractivity contribution in [1.82, 2.24) is 4.90 Å². The predicted molar refractivity (Wildman–Crippen MR) is 68.4 cm³/mol. The number of hydrogen-bond acceptors (Lipinski definition) is 4. The molecule has 2 unspecified atom stereocenters. The lowest BCUT2D eigenvalue weighted by Crippen LogP contribution is -2.47. The Labute approximate surface area is 108 Å². The van der Waals surface area contributed by atoms with Gasteiger partial charge in [0, 0.05) is 12.6 Å². The van der Waals surface area contributed by atoms with Gasteiger partial charge in [-0.15, -0.1) is 0 Å². The van der Waals surface area contributed by atoms with Crippen molar-refractivity contribution in [3.63, 3.8) is 0 Å². The normalized spacial score (nSPS) is 24.6. The second-order valence-electron chi connectivity index (χ2n) is 4.86. The molecule has 1 aliphatic rings. The Morgan fingerprint density at radius 3 is 2.78 bits per heavy atom. The molecule has 0 aliphatic carbocycles. The van der Waals surface area contributed by atoms with Gasteiger partial charge in [-0.1, -0.05) is 12.1 Å². The molecule has 6 heteroatoms. The van der Waals surface area contributed by atoms with E-state index < -0.39 is 0 Å². The molecule has 0 radical (unpaired) electrons. The summed E-state index contributed by atoms with van der Waals surface area (Å²) in [6.07, 6.45) is 1.56. The lowest BCUT2D eigenvalue weighted by atomic mass is 9.97. The fourth-order valence-electron chi connectivity index (χ4n) is 2.27. The SMILES string of the molecule is CCC1OCCC1C(=O)N(CC(N)=NO)C(C)C. The van der Waals surface area contributed by atoms with Crippen LogP contribution in [0.4, 0.5) is 0 Å². The van der Waals surface area contributed by atoms with Crippen LogP contribution in [0.5, 0.6) is 0 Å². The van der Waals surface area contributed by atoms with Gasteiger partial charge in [-0.25, -0.2) is 0 Å². The van der Waals surface area contributed by atoms with E-state index in [1.807, 2.05) is 20.8 Å². The summed E-state index contributed by atoms with van der Waals surface area (Å²) in [6, 6.07) is 0.0101. The number of amides is 1. The third-order valence-electron chi connectivity index (χ3n) is 3.30. The average molecular weight is 257 g/mol. The maximum atomic E-state index is 12.5. The van der Waals surface area contributed by atoms with Crippen LogP contribution >= 0.6 is 0 Å². The van der Waals surface area contributed by atoms with Crippen molar-refractivity contribution in [3.8, 4) is 0 Å². The van der Waals surface area contributed by atoms with Crippen molar-refractivity contribution < 1.29 is 14.7 Å². The Morgan fingerprint density at radius 2 is 2.28 bits per heavy atom. The van der Waals surface area contributed by atoms with Gasteiger partial charge in [0.25, 0.3) is 0 Å². The molecule has 18 heavy (non-hydrogen) atoms. The molecule has 2 atom stereocenters. The van der Waals surface area contributed by atoms with E-state index in [4.69, 9.17) is 15.7 Å². The predicted octanol–water partition coefficient (Wildman–Crippen LogP) is 0.785. The van der Waals surface area contributed by atoms with Crippen molar-refractivity contribution in [1.29, 1.82) is 0 Å². The molecule has 1 heterocycles. The largest absolute Gasteiger partial charge is 0.409 e. The van der Waals surface area contributed by atoms with Gasteiger partial charge >= 0.3 is 0 Å². The molecule has 1 fully saturated rings. The highest BCUT2D eigenvalue weighted by Gasteiger charge is 2.36. The molecule has 1 rings (SSSR count). The molecule has 1 saturated heterocycles. The molecule has 0 aromatic heterocycles. The van der Waals surface area contributed by atoms with E-state index >= 15 is 0 Å². The number of carbonyl (C=O) groups excluding carboxylic acids is 1. The molecule has 104 valence electrons. The fourth-order valence-corrected chi connectivity index (χ4v) is 2.27. The lowest BCUT2D eigenvalue weighted by Gasteiger charge is -2.30. The van der Waals surface area contributed by atoms with Crippen molar-refractivity contribution in [3.05, 3.63) is 0 Å². The van der Waals surface area contributed by atoms with Gasteiger partial charge < -0.3 is 20.6 Å². The summed E-state index contributed by atoms with van der Waals surface area (Å²) in [7, 11) is 0. The highest BCUT2D eigenvalue weighted by molar-refractivity contribution is 5.88. The Balaban J connectivity index is 2.76. The smallest absolute Gasteiger partial charge is 0.229 e. The summed E-state index contributed by atoms with van der Waals surface area (Å²) in [5.41, 5.74) is 5.49. The molecule has 0 saturated carbocycles. The standard InChI is InChI=1S/C12H23N3O3/c1-4-10-9(5-6-18-10)12(16)15(8(2)3)7-11(13)14-17/h8-10,17H,4-7H2,1-3H3,(H2,13,14). The van der Waals surface area contributed by atoms with Crippen LogP contribution in [0.2, 0.25) is 0 Å². The molecule has 1 aliphatic heterocycles. The van der Waals surface area contributed by atoms with Gasteiger partial charge in [0.1, 0.15) is 0 Å². The van der Waals surface area contributed by atoms with E-state index in [-0.39, 0.29) is 36.4 Å². The summed E-state index contributed by atoms with van der Waals surface area (Å²) in [4.78, 5) is 14.1. The number of nitrogens with zero attached hydrogens (tertiary/aromatic N) is 2. The zero-order chi connectivity index (χ0) is 13.7. The molecule has 0 aromatic carbocycles. The summed E-state index contributed by atoms with van der Waals surface area (Å²) < 4.78 is 5.54. The molecule has 0 aromatic rings. The van der Waals surface area contributed by atoms with E-state index in [2.05, 4.69) is 5.16 Å². The summed E-state index contributed by atoms with van der Waals surface area (Å²) >= 11 is 0. The van der Waals surface area contributed by atoms with E-state index in [0.29, 0.717) is 6.61 Å². The fraction of sp³-hybridized carbons (Fsp3) is 0.833. The van der Waals surface area contributed by atoms with Gasteiger partial charge in [-0.05, 0) is 26.7 Å². The van der Waals surface area contributed by atoms with Crippen LogP contribution in [0.3, 0.4) is 0 Å². The molecule has 0 bridgehead atoms. The van der Waals surface area contributed by atoms with Crippen LogP contribution in [-0.2, 0) is 9.53 Å². The lowest BCUT2D eigenvalue weighted by molar-refractivity contribution is -0.138. The van der Waals surface area contributed by atoms with Crippen molar-refractivity contribution in [2.24, 2.45) is 16.8 Å². The maximum absolute atomic E-state index is 12.5. The average Bonchev–Trinajstić information content (AvgIpc) is 2.82. The molecular formula is C12H23N3O3. The first-order chi connectivity index (χ1) is 8.51. The second-order valence-corrected chi connectivity index (χ2v) is 4.86. The van der Waals surface area contributed by atoms with Gasteiger partial charge in [0.2, 0.25) is 5.91 Å². The van der Waals surface area contributed by atoms with Crippen LogP contribution in [0.15, 0.2) is 5.16 Å². The number of ether oxygens (including phenoxy) is 1. The van der Waals surface area contributed by atoms with E-state index in [1.165, 1.54) is 0 Å². The van der Waals surface area contributed by atoms with Gasteiger partial charge in [-0.2, -0.15) is 0 Å². The van der Waals surface area contributed by atoms with Crippen molar-refractivity contribution >= 4 is 11.7 Å². The summed E-state index contributed by atoms with van der Waals surface area (Å²) in [5.74, 6) is -0.0335. The third-order valence-corrected chi connectivity index (χ3v) is 3.30. The van der Waals surface area contributed by atoms with E-state index in [9.17, 15) is 4.79 Å². The monoisotopic (exact) mass is 257 g/mol. The Bertz CT molecular complexity index is 318. The number of carbonyl (C=O) groups is 1. The number of oxime groups is 1. The van der Waals surface area contributed by atoms with E-state index in [0.717, 1.165) is 12.8 Å². The van der Waals surface area contributed by atoms with E-state index in [1.54, 1.807) is 4.90 Å². The van der Waals surface area contributed by atoms with Crippen molar-refractivity contribution in [2.75, 3.05) is 13.2 Å². The second kappa shape index (κ2) is 6.58. The highest BCUT2D eigenvalue weighted by Crippen LogP contribution is 2.26. The molecule has 1 amide bonds.